The molecule has 0 aliphatic heterocycles. The zero-order valence-electron chi connectivity index (χ0n) is 11.8. The molecule has 0 saturated heterocycles. The molecule has 0 aliphatic carbocycles. The van der Waals surface area contributed by atoms with Gasteiger partial charge in [0.1, 0.15) is 5.75 Å². The largest absolute Gasteiger partial charge is 0.507 e. The quantitative estimate of drug-likeness (QED) is 0.822. The number of aromatic hydroxyl groups is 1. The number of carbonyl (C=O) groups excluding carboxylic acids is 1. The van der Waals surface area contributed by atoms with E-state index in [1.54, 1.807) is 36.4 Å². The van der Waals surface area contributed by atoms with Crippen LogP contribution in [0.1, 0.15) is 42.3 Å². The molecule has 0 spiro atoms. The fraction of sp³-hybridized carbons (Fsp3) is 0.235. The molecule has 0 amide bonds. The fourth-order valence-corrected chi connectivity index (χ4v) is 2.20. The number of phenolic OH excluding ortho intramolecular Hbond substituents is 1. The van der Waals surface area contributed by atoms with Crippen LogP contribution in [0.2, 0.25) is 5.02 Å². The Morgan fingerprint density at radius 2 is 1.70 bits per heavy atom. The van der Waals surface area contributed by atoms with E-state index < -0.39 is 0 Å². The molecule has 3 heteroatoms. The molecular weight excluding hydrogens is 272 g/mol. The molecule has 0 bridgehead atoms. The summed E-state index contributed by atoms with van der Waals surface area (Å²) in [7, 11) is 0. The molecular formula is C17H17ClO2. The monoisotopic (exact) mass is 288 g/mol. The molecule has 1 N–H and O–H groups in total. The maximum absolute atomic E-state index is 12.5. The number of rotatable bonds is 2. The Labute approximate surface area is 124 Å². The van der Waals surface area contributed by atoms with Crippen LogP contribution in [0, 0.1) is 0 Å². The van der Waals surface area contributed by atoms with Gasteiger partial charge in [-0.15, -0.1) is 0 Å². The molecule has 0 atom stereocenters. The van der Waals surface area contributed by atoms with Crippen LogP contribution >= 0.6 is 11.6 Å². The number of carbonyl (C=O) groups is 1. The van der Waals surface area contributed by atoms with Gasteiger partial charge in [-0.05, 0) is 35.2 Å². The third kappa shape index (κ3) is 2.86. The zero-order valence-corrected chi connectivity index (χ0v) is 12.5. The average molecular weight is 289 g/mol. The highest BCUT2D eigenvalue weighted by atomic mass is 35.5. The molecule has 104 valence electrons. The summed E-state index contributed by atoms with van der Waals surface area (Å²) in [4.78, 5) is 12.5. The highest BCUT2D eigenvalue weighted by Crippen LogP contribution is 2.30. The van der Waals surface area contributed by atoms with Gasteiger partial charge < -0.3 is 5.11 Å². The second-order valence-corrected chi connectivity index (χ2v) is 6.20. The van der Waals surface area contributed by atoms with E-state index in [9.17, 15) is 9.90 Å². The Morgan fingerprint density at radius 1 is 1.05 bits per heavy atom. The number of halogens is 1. The van der Waals surface area contributed by atoms with Crippen LogP contribution in [0.3, 0.4) is 0 Å². The first-order valence-corrected chi connectivity index (χ1v) is 6.81. The third-order valence-corrected chi connectivity index (χ3v) is 3.56. The zero-order chi connectivity index (χ0) is 14.9. The van der Waals surface area contributed by atoms with Gasteiger partial charge in [-0.2, -0.15) is 0 Å². The minimum atomic E-state index is -0.265. The number of hydrogen-bond acceptors (Lipinski definition) is 2. The summed E-state index contributed by atoms with van der Waals surface area (Å²) in [6, 6.07) is 12.0. The van der Waals surface area contributed by atoms with Crippen molar-refractivity contribution in [3.05, 3.63) is 64.2 Å². The number of phenols is 1. The molecule has 0 heterocycles. The Balaban J connectivity index is 2.53. The first-order chi connectivity index (χ1) is 9.30. The molecule has 20 heavy (non-hydrogen) atoms. The topological polar surface area (TPSA) is 37.3 Å². The van der Waals surface area contributed by atoms with Gasteiger partial charge >= 0.3 is 0 Å². The summed E-state index contributed by atoms with van der Waals surface area (Å²) < 4.78 is 0. The molecule has 0 fully saturated rings. The van der Waals surface area contributed by atoms with Gasteiger partial charge in [0.2, 0.25) is 0 Å². The molecule has 0 unspecified atom stereocenters. The Kier molecular flexibility index (Phi) is 3.87. The van der Waals surface area contributed by atoms with Crippen LogP contribution < -0.4 is 0 Å². The first-order valence-electron chi connectivity index (χ1n) is 6.43. The van der Waals surface area contributed by atoms with E-state index >= 15 is 0 Å². The predicted molar refractivity (Wildman–Crippen MR) is 81.7 cm³/mol. The lowest BCUT2D eigenvalue weighted by atomic mass is 9.85. The minimum Gasteiger partial charge on any atom is -0.507 e. The Morgan fingerprint density at radius 3 is 2.30 bits per heavy atom. The second kappa shape index (κ2) is 5.29. The van der Waals surface area contributed by atoms with Crippen molar-refractivity contribution in [1.82, 2.24) is 0 Å². The van der Waals surface area contributed by atoms with Crippen LogP contribution in [0.15, 0.2) is 42.5 Å². The normalized spacial score (nSPS) is 11.4. The maximum atomic E-state index is 12.5. The Bertz CT molecular complexity index is 654. The highest BCUT2D eigenvalue weighted by molar-refractivity contribution is 6.35. The molecule has 2 rings (SSSR count). The minimum absolute atomic E-state index is 0.0251. The summed E-state index contributed by atoms with van der Waals surface area (Å²) in [5, 5.41) is 10.3. The van der Waals surface area contributed by atoms with Gasteiger partial charge in [-0.1, -0.05) is 50.6 Å². The number of benzene rings is 2. The van der Waals surface area contributed by atoms with E-state index in [2.05, 4.69) is 20.8 Å². The molecule has 0 radical (unpaired) electrons. The first kappa shape index (κ1) is 14.6. The van der Waals surface area contributed by atoms with E-state index in [1.165, 1.54) is 0 Å². The maximum Gasteiger partial charge on any atom is 0.198 e. The van der Waals surface area contributed by atoms with Crippen LogP contribution in [0.25, 0.3) is 0 Å². The summed E-state index contributed by atoms with van der Waals surface area (Å²) in [5.74, 6) is -0.290. The van der Waals surface area contributed by atoms with Crippen molar-refractivity contribution in [2.45, 2.75) is 26.2 Å². The van der Waals surface area contributed by atoms with E-state index in [0.717, 1.165) is 5.56 Å². The van der Waals surface area contributed by atoms with Gasteiger partial charge in [0.25, 0.3) is 0 Å². The summed E-state index contributed by atoms with van der Waals surface area (Å²) in [6.45, 7) is 6.18. The fourth-order valence-electron chi connectivity index (χ4n) is 1.97. The lowest BCUT2D eigenvalue weighted by Gasteiger charge is -2.20. The second-order valence-electron chi connectivity index (χ2n) is 5.79. The van der Waals surface area contributed by atoms with Crippen molar-refractivity contribution in [2.75, 3.05) is 0 Å². The van der Waals surface area contributed by atoms with Gasteiger partial charge in [0.05, 0.1) is 10.6 Å². The van der Waals surface area contributed by atoms with Crippen LogP contribution in [0.4, 0.5) is 0 Å². The predicted octanol–water partition coefficient (Wildman–Crippen LogP) is 4.57. The van der Waals surface area contributed by atoms with Crippen molar-refractivity contribution < 1.29 is 9.90 Å². The van der Waals surface area contributed by atoms with Gasteiger partial charge in [-0.25, -0.2) is 0 Å². The van der Waals surface area contributed by atoms with Gasteiger partial charge in [-0.3, -0.25) is 4.79 Å². The van der Waals surface area contributed by atoms with Crippen molar-refractivity contribution in [1.29, 1.82) is 0 Å². The SMILES string of the molecule is CC(C)(C)c1ccc(O)c(C(=O)c2ccccc2Cl)c1. The van der Waals surface area contributed by atoms with E-state index in [1.807, 2.05) is 6.07 Å². The molecule has 2 aromatic carbocycles. The molecule has 2 nitrogen and oxygen atoms in total. The Hall–Kier alpha value is -1.80. The third-order valence-electron chi connectivity index (χ3n) is 3.23. The van der Waals surface area contributed by atoms with Crippen molar-refractivity contribution in [2.24, 2.45) is 0 Å². The lowest BCUT2D eigenvalue weighted by Crippen LogP contribution is -2.12. The van der Waals surface area contributed by atoms with Crippen LogP contribution in [0.5, 0.6) is 5.75 Å². The van der Waals surface area contributed by atoms with Gasteiger partial charge in [0.15, 0.2) is 5.78 Å². The molecule has 0 aliphatic rings. The average Bonchev–Trinajstić information content (AvgIpc) is 2.37. The van der Waals surface area contributed by atoms with Crippen molar-refractivity contribution >= 4 is 17.4 Å². The standard InChI is InChI=1S/C17H17ClO2/c1-17(2,3)11-8-9-15(19)13(10-11)16(20)12-6-4-5-7-14(12)18/h4-10,19H,1-3H3. The van der Waals surface area contributed by atoms with E-state index in [-0.39, 0.29) is 22.5 Å². The van der Waals surface area contributed by atoms with Crippen LogP contribution in [-0.2, 0) is 5.41 Å². The summed E-state index contributed by atoms with van der Waals surface area (Å²) in [5.41, 5.74) is 1.58. The smallest absolute Gasteiger partial charge is 0.198 e. The van der Waals surface area contributed by atoms with E-state index in [0.29, 0.717) is 10.6 Å². The number of hydrogen-bond donors (Lipinski definition) is 1. The van der Waals surface area contributed by atoms with Gasteiger partial charge in [0, 0.05) is 5.56 Å². The molecule has 0 aromatic heterocycles. The molecule has 0 saturated carbocycles. The van der Waals surface area contributed by atoms with E-state index in [4.69, 9.17) is 11.6 Å². The summed E-state index contributed by atoms with van der Waals surface area (Å²) >= 11 is 6.05. The highest BCUT2D eigenvalue weighted by Gasteiger charge is 2.20. The van der Waals surface area contributed by atoms with Crippen LogP contribution in [-0.4, -0.2) is 10.9 Å². The lowest BCUT2D eigenvalue weighted by molar-refractivity contribution is 0.103. The van der Waals surface area contributed by atoms with Crippen molar-refractivity contribution in [3.63, 3.8) is 0 Å². The molecule has 2 aromatic rings. The van der Waals surface area contributed by atoms with Crippen molar-refractivity contribution in [3.8, 4) is 5.75 Å². The summed E-state index contributed by atoms with van der Waals surface area (Å²) in [6.07, 6.45) is 0. The number of ketones is 1.